The molecule has 4 heteroatoms. The van der Waals surface area contributed by atoms with Crippen LogP contribution in [0.15, 0.2) is 65.1 Å². The van der Waals surface area contributed by atoms with Crippen LogP contribution in [0.25, 0.3) is 11.0 Å². The first-order valence-electron chi connectivity index (χ1n) is 8.56. The van der Waals surface area contributed by atoms with Gasteiger partial charge in [-0.3, -0.25) is 4.79 Å². The maximum absolute atomic E-state index is 12.6. The number of para-hydroxylation sites is 1. The van der Waals surface area contributed by atoms with Gasteiger partial charge in [0.25, 0.3) is 0 Å². The Bertz CT molecular complexity index is 792. The Kier molecular flexibility index (Phi) is 5.51. The third kappa shape index (κ3) is 3.91. The van der Waals surface area contributed by atoms with Crippen molar-refractivity contribution in [3.63, 3.8) is 0 Å². The van der Waals surface area contributed by atoms with Crippen LogP contribution in [0.2, 0.25) is 0 Å². The highest BCUT2D eigenvalue weighted by atomic mass is 16.5. The normalized spacial score (nSPS) is 13.5. The molecule has 0 fully saturated rings. The second kappa shape index (κ2) is 7.99. The Morgan fingerprint density at radius 2 is 1.84 bits per heavy atom. The number of ether oxygens (including phenoxy) is 1. The van der Waals surface area contributed by atoms with Crippen molar-refractivity contribution in [1.82, 2.24) is 5.32 Å². The summed E-state index contributed by atoms with van der Waals surface area (Å²) in [5, 5.41) is 4.03. The molecule has 0 spiro atoms. The summed E-state index contributed by atoms with van der Waals surface area (Å²) in [6.07, 6.45) is 0.433. The smallest absolute Gasteiger partial charge is 0.227 e. The summed E-state index contributed by atoms with van der Waals surface area (Å²) in [6, 6.07) is 19.6. The van der Waals surface area contributed by atoms with Gasteiger partial charge in [-0.25, -0.2) is 0 Å². The van der Waals surface area contributed by atoms with Gasteiger partial charge in [0.1, 0.15) is 17.4 Å². The van der Waals surface area contributed by atoms with Crippen molar-refractivity contribution in [1.29, 1.82) is 0 Å². The van der Waals surface area contributed by atoms with Crippen molar-refractivity contribution in [2.24, 2.45) is 0 Å². The van der Waals surface area contributed by atoms with E-state index in [2.05, 4.69) is 5.32 Å². The highest BCUT2D eigenvalue weighted by molar-refractivity contribution is 5.83. The summed E-state index contributed by atoms with van der Waals surface area (Å²) in [7, 11) is 1.62. The predicted octanol–water partition coefficient (Wildman–Crippen LogP) is 4.43. The molecule has 0 unspecified atom stereocenters. The fourth-order valence-electron chi connectivity index (χ4n) is 3.04. The van der Waals surface area contributed by atoms with Gasteiger partial charge < -0.3 is 14.5 Å². The molecule has 4 nitrogen and oxygen atoms in total. The van der Waals surface area contributed by atoms with Crippen molar-refractivity contribution < 1.29 is 13.9 Å². The van der Waals surface area contributed by atoms with Crippen LogP contribution in [-0.2, 0) is 9.53 Å². The molecule has 25 heavy (non-hydrogen) atoms. The summed E-state index contributed by atoms with van der Waals surface area (Å²) < 4.78 is 11.4. The van der Waals surface area contributed by atoms with E-state index in [0.717, 1.165) is 28.7 Å². The van der Waals surface area contributed by atoms with E-state index >= 15 is 0 Å². The highest BCUT2D eigenvalue weighted by Crippen LogP contribution is 2.26. The molecule has 0 saturated heterocycles. The average Bonchev–Trinajstić information content (AvgIpc) is 3.07. The standard InChI is InChI=1S/C21H23NO3/c1-3-17(15-9-5-4-6-10-15)21(23)22-14-20(24-2)19-13-16-11-7-8-12-18(16)25-19/h4-13,17,20H,3,14H2,1-2H3,(H,22,23)/t17-,20+/m1/s1. The zero-order valence-electron chi connectivity index (χ0n) is 14.6. The molecule has 130 valence electrons. The highest BCUT2D eigenvalue weighted by Gasteiger charge is 2.21. The molecule has 0 radical (unpaired) electrons. The summed E-state index contributed by atoms with van der Waals surface area (Å²) in [5.41, 5.74) is 1.85. The van der Waals surface area contributed by atoms with E-state index in [1.54, 1.807) is 7.11 Å². The molecule has 1 heterocycles. The van der Waals surface area contributed by atoms with Gasteiger partial charge in [-0.1, -0.05) is 55.5 Å². The van der Waals surface area contributed by atoms with Gasteiger partial charge >= 0.3 is 0 Å². The van der Waals surface area contributed by atoms with E-state index < -0.39 is 0 Å². The number of carbonyl (C=O) groups excluding carboxylic acids is 1. The first-order chi connectivity index (χ1) is 12.2. The molecule has 0 bridgehead atoms. The molecule has 1 N–H and O–H groups in total. The van der Waals surface area contributed by atoms with Gasteiger partial charge in [0.05, 0.1) is 12.5 Å². The molecule has 2 aromatic carbocycles. The van der Waals surface area contributed by atoms with E-state index in [1.165, 1.54) is 0 Å². The van der Waals surface area contributed by atoms with Crippen molar-refractivity contribution in [3.05, 3.63) is 72.0 Å². The maximum Gasteiger partial charge on any atom is 0.227 e. The Hall–Kier alpha value is -2.59. The van der Waals surface area contributed by atoms with E-state index in [4.69, 9.17) is 9.15 Å². The second-order valence-corrected chi connectivity index (χ2v) is 6.03. The second-order valence-electron chi connectivity index (χ2n) is 6.03. The van der Waals surface area contributed by atoms with Crippen LogP contribution in [0.4, 0.5) is 0 Å². The van der Waals surface area contributed by atoms with Gasteiger partial charge in [0.2, 0.25) is 5.91 Å². The number of furan rings is 1. The molecule has 0 aliphatic heterocycles. The van der Waals surface area contributed by atoms with Gasteiger partial charge in [0.15, 0.2) is 0 Å². The van der Waals surface area contributed by atoms with Gasteiger partial charge in [-0.15, -0.1) is 0 Å². The minimum absolute atomic E-state index is 0.00635. The van der Waals surface area contributed by atoms with Crippen LogP contribution < -0.4 is 5.32 Å². The molecule has 1 aromatic heterocycles. The Morgan fingerprint density at radius 3 is 2.52 bits per heavy atom. The summed E-state index contributed by atoms with van der Waals surface area (Å²) >= 11 is 0. The molecular weight excluding hydrogens is 314 g/mol. The van der Waals surface area contributed by atoms with Crippen molar-refractivity contribution in [3.8, 4) is 0 Å². The minimum Gasteiger partial charge on any atom is -0.458 e. The number of carbonyl (C=O) groups is 1. The van der Waals surface area contributed by atoms with Crippen LogP contribution in [0.3, 0.4) is 0 Å². The first kappa shape index (κ1) is 17.2. The van der Waals surface area contributed by atoms with E-state index in [0.29, 0.717) is 6.54 Å². The molecular formula is C21H23NO3. The number of nitrogens with one attached hydrogen (secondary N) is 1. The summed E-state index contributed by atoms with van der Waals surface area (Å²) in [6.45, 7) is 2.39. The van der Waals surface area contributed by atoms with Crippen LogP contribution in [-0.4, -0.2) is 19.6 Å². The maximum atomic E-state index is 12.6. The molecule has 0 aliphatic rings. The molecule has 1 amide bonds. The van der Waals surface area contributed by atoms with Crippen LogP contribution in [0, 0.1) is 0 Å². The van der Waals surface area contributed by atoms with E-state index in [-0.39, 0.29) is 17.9 Å². The third-order valence-electron chi connectivity index (χ3n) is 4.43. The van der Waals surface area contributed by atoms with Crippen molar-refractivity contribution in [2.45, 2.75) is 25.4 Å². The summed E-state index contributed by atoms with van der Waals surface area (Å²) in [5.74, 6) is 0.568. The third-order valence-corrected chi connectivity index (χ3v) is 4.43. The lowest BCUT2D eigenvalue weighted by molar-refractivity contribution is -0.123. The Labute approximate surface area is 147 Å². The van der Waals surface area contributed by atoms with Crippen LogP contribution in [0.1, 0.15) is 36.7 Å². The van der Waals surface area contributed by atoms with Crippen LogP contribution in [0.5, 0.6) is 0 Å². The topological polar surface area (TPSA) is 51.5 Å². The summed E-state index contributed by atoms with van der Waals surface area (Å²) in [4.78, 5) is 12.6. The van der Waals surface area contributed by atoms with E-state index in [9.17, 15) is 4.79 Å². The number of hydrogen-bond donors (Lipinski definition) is 1. The first-order valence-corrected chi connectivity index (χ1v) is 8.56. The van der Waals surface area contributed by atoms with Crippen molar-refractivity contribution >= 4 is 16.9 Å². The quantitative estimate of drug-likeness (QED) is 0.694. The van der Waals surface area contributed by atoms with Gasteiger partial charge in [-0.05, 0) is 24.1 Å². The molecule has 0 saturated carbocycles. The fraction of sp³-hybridized carbons (Fsp3) is 0.286. The molecule has 0 aliphatic carbocycles. The monoisotopic (exact) mass is 337 g/mol. The lowest BCUT2D eigenvalue weighted by Crippen LogP contribution is -2.33. The lowest BCUT2D eigenvalue weighted by atomic mass is 9.95. The number of hydrogen-bond acceptors (Lipinski definition) is 3. The van der Waals surface area contributed by atoms with E-state index in [1.807, 2.05) is 67.6 Å². The average molecular weight is 337 g/mol. The van der Waals surface area contributed by atoms with Gasteiger partial charge in [-0.2, -0.15) is 0 Å². The minimum atomic E-state index is -0.315. The number of rotatable bonds is 7. The van der Waals surface area contributed by atoms with Crippen molar-refractivity contribution in [2.75, 3.05) is 13.7 Å². The largest absolute Gasteiger partial charge is 0.458 e. The number of methoxy groups -OCH3 is 1. The number of benzene rings is 2. The Morgan fingerprint density at radius 1 is 1.12 bits per heavy atom. The van der Waals surface area contributed by atoms with Crippen LogP contribution >= 0.6 is 0 Å². The number of amides is 1. The zero-order chi connectivity index (χ0) is 17.6. The SMILES string of the molecule is CC[C@@H](C(=O)NC[C@H](OC)c1cc2ccccc2o1)c1ccccc1. The molecule has 3 aromatic rings. The fourth-order valence-corrected chi connectivity index (χ4v) is 3.04. The number of fused-ring (bicyclic) bond motifs is 1. The molecule has 3 rings (SSSR count). The Balaban J connectivity index is 1.68. The lowest BCUT2D eigenvalue weighted by Gasteiger charge is -2.18. The zero-order valence-corrected chi connectivity index (χ0v) is 14.6. The predicted molar refractivity (Wildman–Crippen MR) is 98.4 cm³/mol. The molecule has 2 atom stereocenters. The van der Waals surface area contributed by atoms with Gasteiger partial charge in [0, 0.05) is 12.5 Å².